The number of carbonyl (C=O) groups is 2. The van der Waals surface area contributed by atoms with E-state index in [4.69, 9.17) is 11.6 Å². The van der Waals surface area contributed by atoms with Crippen molar-refractivity contribution < 1.29 is 22.8 Å². The number of piperidine rings is 1. The predicted octanol–water partition coefficient (Wildman–Crippen LogP) is 6.36. The summed E-state index contributed by atoms with van der Waals surface area (Å²) >= 11 is 6.05. The molecule has 42 heavy (non-hydrogen) atoms. The Balaban J connectivity index is 1.36. The molecule has 5 rings (SSSR count). The minimum absolute atomic E-state index is 0.214. The van der Waals surface area contributed by atoms with Gasteiger partial charge in [0, 0.05) is 42.5 Å². The number of nitrogens with one attached hydrogen (secondary N) is 3. The number of allylic oxidation sites excluding steroid dienone is 2. The maximum absolute atomic E-state index is 13.5. The predicted molar refractivity (Wildman–Crippen MR) is 157 cm³/mol. The molecule has 1 aliphatic heterocycles. The van der Waals surface area contributed by atoms with E-state index < -0.39 is 23.2 Å². The van der Waals surface area contributed by atoms with Crippen molar-refractivity contribution in [2.75, 3.05) is 19.6 Å². The van der Waals surface area contributed by atoms with Crippen LogP contribution in [-0.2, 0) is 17.4 Å². The molecule has 7 nitrogen and oxygen atoms in total. The van der Waals surface area contributed by atoms with Gasteiger partial charge in [-0.15, -0.1) is 0 Å². The molecule has 3 N–H and O–H groups in total. The maximum atomic E-state index is 13.5. The molecule has 0 spiro atoms. The SMILES string of the molecule is CC(C)(C)NC(=O)N1CCC2=C(c3cccc(C(F)(F)F)c3)C=CC(C(=O)NCCc3nc4cc(Cl)ccc4[nH]3)C2C1. The van der Waals surface area contributed by atoms with Gasteiger partial charge >= 0.3 is 12.2 Å². The van der Waals surface area contributed by atoms with E-state index in [0.717, 1.165) is 28.7 Å². The third-order valence-corrected chi connectivity index (χ3v) is 7.73. The summed E-state index contributed by atoms with van der Waals surface area (Å²) in [7, 11) is 0. The number of nitrogens with zero attached hydrogens (tertiary/aromatic N) is 2. The molecule has 222 valence electrons. The minimum Gasteiger partial charge on any atom is -0.355 e. The van der Waals surface area contributed by atoms with E-state index in [9.17, 15) is 22.8 Å². The number of H-pyrrole nitrogens is 1. The lowest BCUT2D eigenvalue weighted by molar-refractivity contribution is -0.137. The van der Waals surface area contributed by atoms with Crippen LogP contribution in [0.25, 0.3) is 16.6 Å². The minimum atomic E-state index is -4.47. The van der Waals surface area contributed by atoms with Crippen molar-refractivity contribution in [2.24, 2.45) is 11.8 Å². The molecule has 1 saturated heterocycles. The van der Waals surface area contributed by atoms with Crippen LogP contribution in [0.5, 0.6) is 0 Å². The molecule has 2 atom stereocenters. The zero-order valence-electron chi connectivity index (χ0n) is 23.6. The Labute approximate surface area is 247 Å². The fourth-order valence-corrected chi connectivity index (χ4v) is 5.72. The molecule has 1 aliphatic carbocycles. The zero-order chi connectivity index (χ0) is 30.2. The van der Waals surface area contributed by atoms with Crippen LogP contribution in [0.1, 0.15) is 44.1 Å². The summed E-state index contributed by atoms with van der Waals surface area (Å²) in [5.74, 6) is -0.474. The van der Waals surface area contributed by atoms with E-state index in [-0.39, 0.29) is 24.4 Å². The van der Waals surface area contributed by atoms with Gasteiger partial charge in [0.2, 0.25) is 5.91 Å². The maximum Gasteiger partial charge on any atom is 0.416 e. The van der Waals surface area contributed by atoms with Crippen molar-refractivity contribution in [2.45, 2.75) is 45.3 Å². The Bertz CT molecular complexity index is 1570. The first kappa shape index (κ1) is 29.7. The lowest BCUT2D eigenvalue weighted by Gasteiger charge is -2.41. The second kappa shape index (κ2) is 11.5. The van der Waals surface area contributed by atoms with Gasteiger partial charge in [-0.05, 0) is 68.7 Å². The lowest BCUT2D eigenvalue weighted by Crippen LogP contribution is -2.53. The fraction of sp³-hybridized carbons (Fsp3) is 0.387. The van der Waals surface area contributed by atoms with Crippen LogP contribution >= 0.6 is 11.6 Å². The highest BCUT2D eigenvalue weighted by atomic mass is 35.5. The number of alkyl halides is 3. The summed E-state index contributed by atoms with van der Waals surface area (Å²) < 4.78 is 40.4. The topological polar surface area (TPSA) is 90.1 Å². The van der Waals surface area contributed by atoms with Crippen LogP contribution < -0.4 is 10.6 Å². The van der Waals surface area contributed by atoms with Crippen molar-refractivity contribution >= 4 is 40.1 Å². The fourth-order valence-electron chi connectivity index (χ4n) is 5.56. The van der Waals surface area contributed by atoms with E-state index in [2.05, 4.69) is 20.6 Å². The van der Waals surface area contributed by atoms with E-state index in [1.807, 2.05) is 26.8 Å². The lowest BCUT2D eigenvalue weighted by atomic mass is 9.73. The van der Waals surface area contributed by atoms with Gasteiger partial charge in [-0.2, -0.15) is 13.2 Å². The van der Waals surface area contributed by atoms with Crippen molar-refractivity contribution in [3.63, 3.8) is 0 Å². The normalized spacial score (nSPS) is 19.2. The zero-order valence-corrected chi connectivity index (χ0v) is 24.4. The van der Waals surface area contributed by atoms with Gasteiger partial charge in [0.1, 0.15) is 5.82 Å². The van der Waals surface area contributed by atoms with Gasteiger partial charge in [0.15, 0.2) is 0 Å². The van der Waals surface area contributed by atoms with Crippen molar-refractivity contribution in [3.05, 3.63) is 82.2 Å². The van der Waals surface area contributed by atoms with Crippen molar-refractivity contribution in [1.29, 1.82) is 0 Å². The number of urea groups is 1. The summed E-state index contributed by atoms with van der Waals surface area (Å²) in [6.45, 7) is 6.67. The van der Waals surface area contributed by atoms with Gasteiger partial charge in [0.25, 0.3) is 0 Å². The van der Waals surface area contributed by atoms with Crippen LogP contribution in [-0.4, -0.2) is 52.0 Å². The highest BCUT2D eigenvalue weighted by molar-refractivity contribution is 6.31. The van der Waals surface area contributed by atoms with E-state index >= 15 is 0 Å². The molecule has 0 saturated carbocycles. The number of fused-ring (bicyclic) bond motifs is 2. The Morgan fingerprint density at radius 1 is 1.14 bits per heavy atom. The Morgan fingerprint density at radius 3 is 2.67 bits per heavy atom. The Morgan fingerprint density at radius 2 is 1.93 bits per heavy atom. The number of imidazole rings is 1. The number of aromatic amines is 1. The van der Waals surface area contributed by atoms with Crippen LogP contribution in [0.4, 0.5) is 18.0 Å². The van der Waals surface area contributed by atoms with Crippen LogP contribution in [0.2, 0.25) is 5.02 Å². The largest absolute Gasteiger partial charge is 0.416 e. The van der Waals surface area contributed by atoms with Crippen molar-refractivity contribution in [1.82, 2.24) is 25.5 Å². The first-order valence-corrected chi connectivity index (χ1v) is 14.2. The first-order chi connectivity index (χ1) is 19.8. The van der Waals surface area contributed by atoms with Gasteiger partial charge in [-0.1, -0.05) is 41.5 Å². The molecule has 1 aromatic heterocycles. The number of rotatable bonds is 5. The molecule has 2 aromatic carbocycles. The number of carbonyl (C=O) groups excluding carboxylic acids is 2. The summed E-state index contributed by atoms with van der Waals surface area (Å²) in [6.07, 6.45) is -0.0598. The second-order valence-electron chi connectivity index (χ2n) is 11.8. The van der Waals surface area contributed by atoms with E-state index in [1.54, 1.807) is 35.3 Å². The van der Waals surface area contributed by atoms with Gasteiger partial charge in [0.05, 0.1) is 22.5 Å². The number of likely N-dealkylation sites (tertiary alicyclic amines) is 1. The molecule has 2 aliphatic rings. The summed E-state index contributed by atoms with van der Waals surface area (Å²) in [4.78, 5) is 36.0. The van der Waals surface area contributed by atoms with Crippen LogP contribution in [0.15, 0.2) is 60.2 Å². The standard InChI is InChI=1S/C31H33ClF3N5O2/c1-30(2,3)39-29(42)40-14-12-22-21(18-5-4-6-19(15-18)31(33,34)35)8-9-23(24(22)17-40)28(41)36-13-11-27-37-25-10-7-20(32)16-26(25)38-27/h4-10,15-16,23-24H,11-14,17H2,1-3H3,(H,36,41)(H,37,38)(H,39,42). The monoisotopic (exact) mass is 599 g/mol. The number of benzene rings is 2. The molecular formula is C31H33ClF3N5O2. The highest BCUT2D eigenvalue weighted by Gasteiger charge is 2.39. The average molecular weight is 600 g/mol. The quantitative estimate of drug-likeness (QED) is 0.319. The Kier molecular flexibility index (Phi) is 8.11. The number of hydrogen-bond donors (Lipinski definition) is 3. The van der Waals surface area contributed by atoms with Gasteiger partial charge in [-0.25, -0.2) is 9.78 Å². The van der Waals surface area contributed by atoms with E-state index in [0.29, 0.717) is 47.9 Å². The average Bonchev–Trinajstić information content (AvgIpc) is 3.32. The molecule has 1 fully saturated rings. The second-order valence-corrected chi connectivity index (χ2v) is 12.2. The molecular weight excluding hydrogens is 567 g/mol. The number of halogens is 4. The van der Waals surface area contributed by atoms with Gasteiger partial charge in [-0.3, -0.25) is 4.79 Å². The molecule has 0 bridgehead atoms. The molecule has 3 amide bonds. The van der Waals surface area contributed by atoms with E-state index in [1.165, 1.54) is 6.07 Å². The number of amides is 3. The van der Waals surface area contributed by atoms with Gasteiger partial charge < -0.3 is 20.5 Å². The van der Waals surface area contributed by atoms with Crippen molar-refractivity contribution in [3.8, 4) is 0 Å². The molecule has 2 heterocycles. The highest BCUT2D eigenvalue weighted by Crippen LogP contribution is 2.41. The summed E-state index contributed by atoms with van der Waals surface area (Å²) in [5.41, 5.74) is 2.42. The number of aromatic nitrogens is 2. The summed E-state index contributed by atoms with van der Waals surface area (Å²) in [6, 6.07) is 10.4. The third kappa shape index (κ3) is 6.64. The molecule has 2 unspecified atom stereocenters. The molecule has 3 aromatic rings. The van der Waals surface area contributed by atoms with Crippen LogP contribution in [0.3, 0.4) is 0 Å². The van der Waals surface area contributed by atoms with Crippen LogP contribution in [0, 0.1) is 11.8 Å². The molecule has 0 radical (unpaired) electrons. The first-order valence-electron chi connectivity index (χ1n) is 13.9. The molecule has 11 heteroatoms. The number of hydrogen-bond acceptors (Lipinski definition) is 3. The third-order valence-electron chi connectivity index (χ3n) is 7.49. The Hall–Kier alpha value is -3.79. The summed E-state index contributed by atoms with van der Waals surface area (Å²) in [5, 5.41) is 6.55. The smallest absolute Gasteiger partial charge is 0.355 e.